The third-order valence-corrected chi connectivity index (χ3v) is 5.24. The Hall–Kier alpha value is -4.06. The second-order valence-corrected chi connectivity index (χ2v) is 7.22. The van der Waals surface area contributed by atoms with Gasteiger partial charge in [-0.3, -0.25) is 4.79 Å². The molecule has 0 amide bonds. The largest absolute Gasteiger partial charge is 0.496 e. The van der Waals surface area contributed by atoms with E-state index >= 15 is 0 Å². The van der Waals surface area contributed by atoms with E-state index in [1.54, 1.807) is 49.6 Å². The molecule has 0 fully saturated rings. The number of para-hydroxylation sites is 1. The van der Waals surface area contributed by atoms with Crippen LogP contribution in [0.3, 0.4) is 0 Å². The average Bonchev–Trinajstić information content (AvgIpc) is 3.14. The minimum Gasteiger partial charge on any atom is -0.496 e. The van der Waals surface area contributed by atoms with Crippen LogP contribution in [0.4, 0.5) is 0 Å². The molecule has 0 unspecified atom stereocenters. The van der Waals surface area contributed by atoms with E-state index in [0.717, 1.165) is 22.4 Å². The van der Waals surface area contributed by atoms with Crippen molar-refractivity contribution in [1.82, 2.24) is 0 Å². The molecule has 6 heteroatoms. The van der Waals surface area contributed by atoms with Crippen LogP contribution >= 0.6 is 0 Å². The van der Waals surface area contributed by atoms with Crippen LogP contribution in [-0.2, 0) is 11.3 Å². The number of methoxy groups -OCH3 is 2. The van der Waals surface area contributed by atoms with Crippen molar-refractivity contribution in [1.29, 1.82) is 0 Å². The Bertz CT molecular complexity index is 1210. The van der Waals surface area contributed by atoms with Crippen LogP contribution < -0.4 is 14.2 Å². The van der Waals surface area contributed by atoms with Crippen molar-refractivity contribution < 1.29 is 28.5 Å². The minimum absolute atomic E-state index is 0.198. The molecule has 0 aliphatic carbocycles. The van der Waals surface area contributed by atoms with E-state index in [-0.39, 0.29) is 11.5 Å². The van der Waals surface area contributed by atoms with Crippen LogP contribution in [-0.4, -0.2) is 26.0 Å². The number of Topliss-reactive ketones (excluding diaryl/α,β-unsaturated/α-hetero) is 1. The molecule has 0 aromatic heterocycles. The first-order chi connectivity index (χ1) is 15.5. The zero-order valence-corrected chi connectivity index (χ0v) is 18.0. The maximum absolute atomic E-state index is 12.8. The molecule has 6 nitrogen and oxygen atoms in total. The number of carbonyl (C=O) groups excluding carboxylic acids is 2. The highest BCUT2D eigenvalue weighted by Crippen LogP contribution is 2.39. The maximum Gasteiger partial charge on any atom is 0.337 e. The third-order valence-electron chi connectivity index (χ3n) is 5.24. The summed E-state index contributed by atoms with van der Waals surface area (Å²) in [6, 6.07) is 17.9. The molecule has 0 spiro atoms. The molecule has 3 aromatic rings. The molecule has 1 aliphatic heterocycles. The van der Waals surface area contributed by atoms with Crippen LogP contribution in [0.5, 0.6) is 17.2 Å². The SMILES string of the molecule is COC(=O)c1ccc(/C=C2\Oc3c(ccc(OCc4ccccc4OC)c3C)C2=O)cc1. The van der Waals surface area contributed by atoms with Gasteiger partial charge in [0.25, 0.3) is 0 Å². The van der Waals surface area contributed by atoms with E-state index in [0.29, 0.717) is 29.2 Å². The van der Waals surface area contributed by atoms with Crippen molar-refractivity contribution in [3.05, 3.63) is 94.2 Å². The van der Waals surface area contributed by atoms with Crippen LogP contribution in [0.25, 0.3) is 6.08 Å². The lowest BCUT2D eigenvalue weighted by atomic mass is 10.1. The van der Waals surface area contributed by atoms with Gasteiger partial charge in [-0.05, 0) is 48.9 Å². The molecular formula is C26H22O6. The molecule has 32 heavy (non-hydrogen) atoms. The second kappa shape index (κ2) is 8.98. The number of hydrogen-bond acceptors (Lipinski definition) is 6. The van der Waals surface area contributed by atoms with Crippen molar-refractivity contribution in [3.8, 4) is 17.2 Å². The van der Waals surface area contributed by atoms with Crippen molar-refractivity contribution in [3.63, 3.8) is 0 Å². The average molecular weight is 430 g/mol. The summed E-state index contributed by atoms with van der Waals surface area (Å²) in [5.74, 6) is 1.48. The van der Waals surface area contributed by atoms with Gasteiger partial charge in [0.2, 0.25) is 5.78 Å². The number of benzene rings is 3. The summed E-state index contributed by atoms with van der Waals surface area (Å²) >= 11 is 0. The number of carbonyl (C=O) groups is 2. The van der Waals surface area contributed by atoms with Gasteiger partial charge in [-0.25, -0.2) is 4.79 Å². The first-order valence-corrected chi connectivity index (χ1v) is 10.0. The first kappa shape index (κ1) is 21.2. The summed E-state index contributed by atoms with van der Waals surface area (Å²) in [5.41, 5.74) is 3.33. The van der Waals surface area contributed by atoms with Crippen LogP contribution in [0.1, 0.15) is 37.4 Å². The second-order valence-electron chi connectivity index (χ2n) is 7.22. The van der Waals surface area contributed by atoms with E-state index in [2.05, 4.69) is 0 Å². The van der Waals surface area contributed by atoms with Crippen molar-refractivity contribution in [2.45, 2.75) is 13.5 Å². The number of rotatable bonds is 6. The molecular weight excluding hydrogens is 408 g/mol. The molecule has 0 bridgehead atoms. The quantitative estimate of drug-likeness (QED) is 0.406. The van der Waals surface area contributed by atoms with E-state index < -0.39 is 5.97 Å². The standard InChI is InChI=1S/C26H22O6/c1-16-21(31-15-19-6-4-5-7-22(19)29-2)13-12-20-24(27)23(32-25(16)20)14-17-8-10-18(11-9-17)26(28)30-3/h4-14H,15H2,1-3H3/b23-14-. The topological polar surface area (TPSA) is 71.1 Å². The molecule has 1 aliphatic rings. The van der Waals surface area contributed by atoms with Crippen molar-refractivity contribution >= 4 is 17.8 Å². The van der Waals surface area contributed by atoms with Gasteiger partial charge < -0.3 is 18.9 Å². The van der Waals surface area contributed by atoms with Gasteiger partial charge in [0, 0.05) is 11.1 Å². The van der Waals surface area contributed by atoms with Gasteiger partial charge in [-0.2, -0.15) is 0 Å². The Labute approximate surface area is 186 Å². The lowest BCUT2D eigenvalue weighted by Crippen LogP contribution is -2.01. The molecule has 0 saturated carbocycles. The number of ether oxygens (including phenoxy) is 4. The predicted molar refractivity (Wildman–Crippen MR) is 119 cm³/mol. The zero-order valence-electron chi connectivity index (χ0n) is 18.0. The Morgan fingerprint density at radius 1 is 0.969 bits per heavy atom. The van der Waals surface area contributed by atoms with E-state index in [1.807, 2.05) is 31.2 Å². The Kier molecular flexibility index (Phi) is 5.94. The maximum atomic E-state index is 12.8. The van der Waals surface area contributed by atoms with Crippen LogP contribution in [0, 0.1) is 6.92 Å². The third kappa shape index (κ3) is 4.07. The van der Waals surface area contributed by atoms with Gasteiger partial charge in [0.05, 0.1) is 25.3 Å². The number of fused-ring (bicyclic) bond motifs is 1. The number of hydrogen-bond donors (Lipinski definition) is 0. The Morgan fingerprint density at radius 2 is 1.72 bits per heavy atom. The van der Waals surface area contributed by atoms with Gasteiger partial charge >= 0.3 is 5.97 Å². The fraction of sp³-hybridized carbons (Fsp3) is 0.154. The van der Waals surface area contributed by atoms with Gasteiger partial charge in [-0.15, -0.1) is 0 Å². The van der Waals surface area contributed by atoms with Crippen molar-refractivity contribution in [2.75, 3.05) is 14.2 Å². The van der Waals surface area contributed by atoms with Crippen LogP contribution in [0.15, 0.2) is 66.4 Å². The fourth-order valence-corrected chi connectivity index (χ4v) is 3.49. The van der Waals surface area contributed by atoms with Gasteiger partial charge in [-0.1, -0.05) is 30.3 Å². The summed E-state index contributed by atoms with van der Waals surface area (Å²) in [5, 5.41) is 0. The minimum atomic E-state index is -0.416. The van der Waals surface area contributed by atoms with E-state index in [4.69, 9.17) is 18.9 Å². The van der Waals surface area contributed by atoms with Crippen molar-refractivity contribution in [2.24, 2.45) is 0 Å². The summed E-state index contributed by atoms with van der Waals surface area (Å²) in [6.07, 6.45) is 1.65. The lowest BCUT2D eigenvalue weighted by molar-refractivity contribution is 0.0600. The molecule has 3 aromatic carbocycles. The monoisotopic (exact) mass is 430 g/mol. The Morgan fingerprint density at radius 3 is 2.44 bits per heavy atom. The molecule has 0 radical (unpaired) electrons. The summed E-state index contributed by atoms with van der Waals surface area (Å²) in [6.45, 7) is 2.19. The molecule has 162 valence electrons. The van der Waals surface area contributed by atoms with Crippen LogP contribution in [0.2, 0.25) is 0 Å². The number of esters is 1. The summed E-state index contributed by atoms with van der Waals surface area (Å²) in [7, 11) is 2.95. The summed E-state index contributed by atoms with van der Waals surface area (Å²) in [4.78, 5) is 24.4. The molecule has 0 saturated heterocycles. The smallest absolute Gasteiger partial charge is 0.337 e. The summed E-state index contributed by atoms with van der Waals surface area (Å²) < 4.78 is 22.0. The lowest BCUT2D eigenvalue weighted by Gasteiger charge is -2.13. The van der Waals surface area contributed by atoms with E-state index in [1.165, 1.54) is 7.11 Å². The molecule has 0 N–H and O–H groups in total. The van der Waals surface area contributed by atoms with Gasteiger partial charge in [0.15, 0.2) is 5.76 Å². The number of allylic oxidation sites excluding steroid dienone is 1. The Balaban J connectivity index is 1.54. The molecule has 4 rings (SSSR count). The molecule has 1 heterocycles. The highest BCUT2D eigenvalue weighted by Gasteiger charge is 2.30. The van der Waals surface area contributed by atoms with E-state index in [9.17, 15) is 9.59 Å². The number of ketones is 1. The predicted octanol–water partition coefficient (Wildman–Crippen LogP) is 4.99. The fourth-order valence-electron chi connectivity index (χ4n) is 3.49. The zero-order chi connectivity index (χ0) is 22.7. The highest BCUT2D eigenvalue weighted by molar-refractivity contribution is 6.15. The van der Waals surface area contributed by atoms with Gasteiger partial charge in [0.1, 0.15) is 23.9 Å². The first-order valence-electron chi connectivity index (χ1n) is 10.0. The highest BCUT2D eigenvalue weighted by atomic mass is 16.5. The molecule has 0 atom stereocenters. The normalized spacial score (nSPS) is 13.5.